The van der Waals surface area contributed by atoms with Crippen molar-refractivity contribution < 1.29 is 28.5 Å². The molecule has 0 aromatic heterocycles. The van der Waals surface area contributed by atoms with Gasteiger partial charge in [-0.3, -0.25) is 0 Å². The molecule has 152 valence electrons. The molecule has 29 heavy (non-hydrogen) atoms. The standard InChI is InChI=1S/C23H24O6/c1-5-23(22(25)28-6-2)20(21(24)27-4)19(15-11-13-16(26-3)14-12-15)17-9-7-8-10-18(17)29-23/h7-14H,5-6H2,1-4H3. The monoisotopic (exact) mass is 396 g/mol. The Labute approximate surface area is 170 Å². The largest absolute Gasteiger partial charge is 0.497 e. The Morgan fingerprint density at radius 2 is 1.69 bits per heavy atom. The predicted molar refractivity (Wildman–Crippen MR) is 108 cm³/mol. The number of rotatable bonds is 6. The van der Waals surface area contributed by atoms with Crippen molar-refractivity contribution >= 4 is 17.5 Å². The molecule has 1 aliphatic heterocycles. The van der Waals surface area contributed by atoms with Gasteiger partial charge in [-0.25, -0.2) is 9.59 Å². The van der Waals surface area contributed by atoms with Crippen LogP contribution in [-0.4, -0.2) is 38.4 Å². The summed E-state index contributed by atoms with van der Waals surface area (Å²) in [4.78, 5) is 26.0. The van der Waals surface area contributed by atoms with Crippen LogP contribution in [0, 0.1) is 0 Å². The summed E-state index contributed by atoms with van der Waals surface area (Å²) in [7, 11) is 2.87. The second-order valence-corrected chi connectivity index (χ2v) is 6.47. The lowest BCUT2D eigenvalue weighted by Gasteiger charge is -2.38. The molecule has 0 radical (unpaired) electrons. The van der Waals surface area contributed by atoms with Gasteiger partial charge in [0.15, 0.2) is 0 Å². The summed E-state index contributed by atoms with van der Waals surface area (Å²) in [5, 5.41) is 0. The van der Waals surface area contributed by atoms with E-state index in [9.17, 15) is 9.59 Å². The average Bonchev–Trinajstić information content (AvgIpc) is 2.77. The van der Waals surface area contributed by atoms with Crippen LogP contribution in [0.3, 0.4) is 0 Å². The van der Waals surface area contributed by atoms with E-state index in [1.165, 1.54) is 7.11 Å². The summed E-state index contributed by atoms with van der Waals surface area (Å²) < 4.78 is 21.8. The number of fused-ring (bicyclic) bond motifs is 1. The maximum absolute atomic E-state index is 13.1. The molecular formula is C23H24O6. The van der Waals surface area contributed by atoms with Gasteiger partial charge in [-0.1, -0.05) is 37.3 Å². The number of carbonyl (C=O) groups is 2. The topological polar surface area (TPSA) is 71.1 Å². The molecule has 1 heterocycles. The number of methoxy groups -OCH3 is 2. The lowest BCUT2D eigenvalue weighted by molar-refractivity contribution is -0.162. The Balaban J connectivity index is 2.38. The second kappa shape index (κ2) is 8.39. The number of hydrogen-bond donors (Lipinski definition) is 0. The van der Waals surface area contributed by atoms with Gasteiger partial charge in [0.1, 0.15) is 17.1 Å². The van der Waals surface area contributed by atoms with Crippen LogP contribution in [0.1, 0.15) is 31.4 Å². The van der Waals surface area contributed by atoms with Gasteiger partial charge in [-0.2, -0.15) is 0 Å². The fraction of sp³-hybridized carbons (Fsp3) is 0.304. The second-order valence-electron chi connectivity index (χ2n) is 6.47. The van der Waals surface area contributed by atoms with Crippen molar-refractivity contribution in [3.63, 3.8) is 0 Å². The van der Waals surface area contributed by atoms with Crippen LogP contribution in [0.15, 0.2) is 54.1 Å². The third-order valence-electron chi connectivity index (χ3n) is 4.97. The third kappa shape index (κ3) is 3.46. The molecule has 0 fully saturated rings. The molecule has 0 saturated heterocycles. The first-order valence-electron chi connectivity index (χ1n) is 9.45. The van der Waals surface area contributed by atoms with E-state index in [1.54, 1.807) is 39.2 Å². The highest BCUT2D eigenvalue weighted by atomic mass is 16.6. The van der Waals surface area contributed by atoms with Crippen LogP contribution >= 0.6 is 0 Å². The molecule has 1 aliphatic rings. The Hall–Kier alpha value is -3.28. The number of hydrogen-bond acceptors (Lipinski definition) is 6. The van der Waals surface area contributed by atoms with Gasteiger partial charge in [0, 0.05) is 11.1 Å². The van der Waals surface area contributed by atoms with Crippen molar-refractivity contribution in [1.82, 2.24) is 0 Å². The predicted octanol–water partition coefficient (Wildman–Crippen LogP) is 3.77. The lowest BCUT2D eigenvalue weighted by atomic mass is 9.79. The zero-order valence-corrected chi connectivity index (χ0v) is 17.0. The van der Waals surface area contributed by atoms with E-state index in [-0.39, 0.29) is 18.6 Å². The molecular weight excluding hydrogens is 372 g/mol. The highest BCUT2D eigenvalue weighted by Crippen LogP contribution is 2.46. The van der Waals surface area contributed by atoms with Crippen LogP contribution in [-0.2, 0) is 19.1 Å². The van der Waals surface area contributed by atoms with E-state index in [2.05, 4.69) is 0 Å². The van der Waals surface area contributed by atoms with Gasteiger partial charge in [0.25, 0.3) is 0 Å². The maximum atomic E-state index is 13.1. The smallest absolute Gasteiger partial charge is 0.355 e. The minimum atomic E-state index is -1.60. The molecule has 6 heteroatoms. The van der Waals surface area contributed by atoms with E-state index in [0.29, 0.717) is 22.6 Å². The molecule has 0 amide bonds. The highest BCUT2D eigenvalue weighted by molar-refractivity contribution is 6.11. The minimum absolute atomic E-state index is 0.129. The summed E-state index contributed by atoms with van der Waals surface area (Å²) in [5.41, 5.74) is 0.545. The first-order valence-corrected chi connectivity index (χ1v) is 9.45. The van der Waals surface area contributed by atoms with E-state index < -0.39 is 17.5 Å². The van der Waals surface area contributed by atoms with Crippen molar-refractivity contribution in [3.8, 4) is 11.5 Å². The summed E-state index contributed by atoms with van der Waals surface area (Å²) >= 11 is 0. The van der Waals surface area contributed by atoms with Gasteiger partial charge in [0.2, 0.25) is 5.60 Å². The first-order chi connectivity index (χ1) is 14.0. The summed E-state index contributed by atoms with van der Waals surface area (Å²) in [5.74, 6) is -0.0778. The van der Waals surface area contributed by atoms with E-state index in [4.69, 9.17) is 18.9 Å². The van der Waals surface area contributed by atoms with Crippen molar-refractivity contribution in [2.45, 2.75) is 25.9 Å². The Morgan fingerprint density at radius 1 is 1.00 bits per heavy atom. The van der Waals surface area contributed by atoms with Crippen LogP contribution < -0.4 is 9.47 Å². The van der Waals surface area contributed by atoms with Crippen molar-refractivity contribution in [2.75, 3.05) is 20.8 Å². The first kappa shape index (κ1) is 20.5. The normalized spacial score (nSPS) is 17.8. The third-order valence-corrected chi connectivity index (χ3v) is 4.97. The van der Waals surface area contributed by atoms with Gasteiger partial charge in [-0.15, -0.1) is 0 Å². The highest BCUT2D eigenvalue weighted by Gasteiger charge is 2.53. The van der Waals surface area contributed by atoms with Gasteiger partial charge in [-0.05, 0) is 37.1 Å². The molecule has 1 atom stereocenters. The number of carbonyl (C=O) groups excluding carboxylic acids is 2. The van der Waals surface area contributed by atoms with Crippen molar-refractivity contribution in [2.24, 2.45) is 0 Å². The van der Waals surface area contributed by atoms with Crippen molar-refractivity contribution in [1.29, 1.82) is 0 Å². The molecule has 0 bridgehead atoms. The average molecular weight is 396 g/mol. The molecule has 1 unspecified atom stereocenters. The number of ether oxygens (including phenoxy) is 4. The van der Waals surface area contributed by atoms with E-state index in [0.717, 1.165) is 5.56 Å². The number of para-hydroxylation sites is 1. The Kier molecular flexibility index (Phi) is 5.92. The Bertz CT molecular complexity index is 944. The number of esters is 2. The molecule has 0 saturated carbocycles. The van der Waals surface area contributed by atoms with Crippen LogP contribution in [0.25, 0.3) is 5.57 Å². The minimum Gasteiger partial charge on any atom is -0.497 e. The fourth-order valence-electron chi connectivity index (χ4n) is 3.55. The zero-order valence-electron chi connectivity index (χ0n) is 17.0. The molecule has 0 N–H and O–H groups in total. The zero-order chi connectivity index (χ0) is 21.0. The van der Waals surface area contributed by atoms with E-state index in [1.807, 2.05) is 30.3 Å². The summed E-state index contributed by atoms with van der Waals surface area (Å²) in [6.07, 6.45) is 0.199. The molecule has 3 rings (SSSR count). The SMILES string of the molecule is CCOC(=O)C1(CC)Oc2ccccc2C(c2ccc(OC)cc2)=C1C(=O)OC. The van der Waals surface area contributed by atoms with Crippen LogP contribution in [0.4, 0.5) is 0 Å². The van der Waals surface area contributed by atoms with Crippen molar-refractivity contribution in [3.05, 3.63) is 65.2 Å². The lowest BCUT2D eigenvalue weighted by Crippen LogP contribution is -2.51. The molecule has 0 spiro atoms. The quantitative estimate of drug-likeness (QED) is 0.692. The van der Waals surface area contributed by atoms with E-state index >= 15 is 0 Å². The maximum Gasteiger partial charge on any atom is 0.355 e. The number of benzene rings is 2. The summed E-state index contributed by atoms with van der Waals surface area (Å²) in [6.45, 7) is 3.65. The molecule has 2 aromatic rings. The van der Waals surface area contributed by atoms with Crippen LogP contribution in [0.2, 0.25) is 0 Å². The Morgan fingerprint density at radius 3 is 2.28 bits per heavy atom. The van der Waals surface area contributed by atoms with Crippen LogP contribution in [0.5, 0.6) is 11.5 Å². The molecule has 6 nitrogen and oxygen atoms in total. The van der Waals surface area contributed by atoms with Gasteiger partial charge in [0.05, 0.1) is 20.8 Å². The summed E-state index contributed by atoms with van der Waals surface area (Å²) in [6, 6.07) is 14.6. The molecule has 2 aromatic carbocycles. The fourth-order valence-corrected chi connectivity index (χ4v) is 3.55. The molecule has 0 aliphatic carbocycles. The van der Waals surface area contributed by atoms with Gasteiger partial charge < -0.3 is 18.9 Å². The van der Waals surface area contributed by atoms with Gasteiger partial charge >= 0.3 is 11.9 Å².